The fraction of sp³-hybridized carbons (Fsp3) is 0.176. The minimum absolute atomic E-state index is 0.223. The van der Waals surface area contributed by atoms with Gasteiger partial charge in [0.2, 0.25) is 5.91 Å². The molecular formula is C17H18N4O2. The normalized spacial score (nSPS) is 9.96. The van der Waals surface area contributed by atoms with E-state index in [1.807, 2.05) is 12.1 Å². The standard InChI is InChI=1S/C17H18N4O2/c1-12(2)16(22)20-6-7-21-17(23)15-8-14(10-19-11-15)13-4-3-5-18-9-13/h3-5,8-11H,1,6-7H2,2H3,(H,20,22)(H,21,23). The van der Waals surface area contributed by atoms with Crippen molar-refractivity contribution in [3.05, 3.63) is 60.7 Å². The number of amides is 2. The summed E-state index contributed by atoms with van der Waals surface area (Å²) >= 11 is 0. The zero-order valence-corrected chi connectivity index (χ0v) is 12.9. The second kappa shape index (κ2) is 7.84. The molecule has 6 nitrogen and oxygen atoms in total. The van der Waals surface area contributed by atoms with Gasteiger partial charge in [0.25, 0.3) is 5.91 Å². The smallest absolute Gasteiger partial charge is 0.252 e. The van der Waals surface area contributed by atoms with E-state index in [4.69, 9.17) is 0 Å². The lowest BCUT2D eigenvalue weighted by molar-refractivity contribution is -0.117. The van der Waals surface area contributed by atoms with E-state index in [2.05, 4.69) is 27.2 Å². The number of carbonyl (C=O) groups excluding carboxylic acids is 2. The number of aromatic nitrogens is 2. The Labute approximate surface area is 134 Å². The summed E-state index contributed by atoms with van der Waals surface area (Å²) < 4.78 is 0. The molecule has 2 heterocycles. The fourth-order valence-corrected chi connectivity index (χ4v) is 1.86. The molecule has 0 atom stereocenters. The van der Waals surface area contributed by atoms with Crippen LogP contribution in [0.5, 0.6) is 0 Å². The monoisotopic (exact) mass is 310 g/mol. The van der Waals surface area contributed by atoms with Crippen molar-refractivity contribution in [3.63, 3.8) is 0 Å². The van der Waals surface area contributed by atoms with Gasteiger partial charge < -0.3 is 10.6 Å². The third-order valence-corrected chi connectivity index (χ3v) is 3.08. The Balaban J connectivity index is 1.93. The number of hydrogen-bond donors (Lipinski definition) is 2. The Morgan fingerprint density at radius 1 is 1.09 bits per heavy atom. The van der Waals surface area contributed by atoms with Gasteiger partial charge in [0.15, 0.2) is 0 Å². The van der Waals surface area contributed by atoms with E-state index >= 15 is 0 Å². The Kier molecular flexibility index (Phi) is 5.57. The zero-order valence-electron chi connectivity index (χ0n) is 12.9. The minimum atomic E-state index is -0.243. The van der Waals surface area contributed by atoms with Crippen LogP contribution in [-0.2, 0) is 4.79 Å². The summed E-state index contributed by atoms with van der Waals surface area (Å²) in [7, 11) is 0. The Bertz CT molecular complexity index is 714. The van der Waals surface area contributed by atoms with E-state index in [1.165, 1.54) is 6.20 Å². The van der Waals surface area contributed by atoms with Crippen molar-refractivity contribution in [3.8, 4) is 11.1 Å². The lowest BCUT2D eigenvalue weighted by atomic mass is 10.1. The topological polar surface area (TPSA) is 84.0 Å². The third kappa shape index (κ3) is 4.74. The van der Waals surface area contributed by atoms with Crippen molar-refractivity contribution in [2.45, 2.75) is 6.92 Å². The van der Waals surface area contributed by atoms with Crippen LogP contribution in [0.3, 0.4) is 0 Å². The number of hydrogen-bond acceptors (Lipinski definition) is 4. The van der Waals surface area contributed by atoms with Crippen LogP contribution in [0.1, 0.15) is 17.3 Å². The number of rotatable bonds is 6. The van der Waals surface area contributed by atoms with Gasteiger partial charge in [-0.05, 0) is 19.1 Å². The summed E-state index contributed by atoms with van der Waals surface area (Å²) in [6.07, 6.45) is 6.58. The zero-order chi connectivity index (χ0) is 16.7. The highest BCUT2D eigenvalue weighted by Crippen LogP contribution is 2.17. The second-order valence-electron chi connectivity index (χ2n) is 5.00. The fourth-order valence-electron chi connectivity index (χ4n) is 1.86. The van der Waals surface area contributed by atoms with Crippen LogP contribution in [0.15, 0.2) is 55.1 Å². The highest BCUT2D eigenvalue weighted by Gasteiger charge is 2.08. The molecule has 0 aliphatic heterocycles. The number of pyridine rings is 2. The maximum Gasteiger partial charge on any atom is 0.252 e. The molecule has 0 saturated carbocycles. The molecule has 2 amide bonds. The lowest BCUT2D eigenvalue weighted by Gasteiger charge is -2.08. The predicted octanol–water partition coefficient (Wildman–Crippen LogP) is 1.57. The van der Waals surface area contributed by atoms with Crippen LogP contribution in [0.2, 0.25) is 0 Å². The molecule has 2 N–H and O–H groups in total. The van der Waals surface area contributed by atoms with Gasteiger partial charge in [-0.15, -0.1) is 0 Å². The third-order valence-electron chi connectivity index (χ3n) is 3.08. The first kappa shape index (κ1) is 16.4. The average molecular weight is 310 g/mol. The molecule has 2 aromatic rings. The molecule has 0 aromatic carbocycles. The molecule has 118 valence electrons. The Morgan fingerprint density at radius 3 is 2.52 bits per heavy atom. The van der Waals surface area contributed by atoms with Crippen LogP contribution in [0.25, 0.3) is 11.1 Å². The number of nitrogens with one attached hydrogen (secondary N) is 2. The maximum absolute atomic E-state index is 12.1. The second-order valence-corrected chi connectivity index (χ2v) is 5.00. The quantitative estimate of drug-likeness (QED) is 0.626. The van der Waals surface area contributed by atoms with Crippen LogP contribution in [0, 0.1) is 0 Å². The van der Waals surface area contributed by atoms with E-state index in [0.717, 1.165) is 11.1 Å². The van der Waals surface area contributed by atoms with Gasteiger partial charge in [-0.25, -0.2) is 0 Å². The van der Waals surface area contributed by atoms with E-state index in [-0.39, 0.29) is 11.8 Å². The van der Waals surface area contributed by atoms with Crippen molar-refractivity contribution in [2.24, 2.45) is 0 Å². The molecule has 6 heteroatoms. The van der Waals surface area contributed by atoms with E-state index in [9.17, 15) is 9.59 Å². The molecule has 2 aromatic heterocycles. The lowest BCUT2D eigenvalue weighted by Crippen LogP contribution is -2.34. The predicted molar refractivity (Wildman–Crippen MR) is 87.6 cm³/mol. The van der Waals surface area contributed by atoms with Crippen molar-refractivity contribution in [1.82, 2.24) is 20.6 Å². The largest absolute Gasteiger partial charge is 0.351 e. The van der Waals surface area contributed by atoms with Gasteiger partial charge in [-0.2, -0.15) is 0 Å². The summed E-state index contributed by atoms with van der Waals surface area (Å²) in [5.74, 6) is -0.465. The molecule has 0 bridgehead atoms. The van der Waals surface area contributed by atoms with Crippen LogP contribution < -0.4 is 10.6 Å². The molecule has 2 rings (SSSR count). The molecule has 23 heavy (non-hydrogen) atoms. The summed E-state index contributed by atoms with van der Waals surface area (Å²) in [5.41, 5.74) is 2.60. The molecule has 0 aliphatic rings. The van der Waals surface area contributed by atoms with Crippen LogP contribution in [0.4, 0.5) is 0 Å². The first-order valence-corrected chi connectivity index (χ1v) is 7.15. The molecule has 0 aliphatic carbocycles. The van der Waals surface area contributed by atoms with Crippen LogP contribution in [-0.4, -0.2) is 34.9 Å². The molecule has 0 spiro atoms. The van der Waals surface area contributed by atoms with Crippen LogP contribution >= 0.6 is 0 Å². The highest BCUT2D eigenvalue weighted by molar-refractivity contribution is 5.95. The molecule has 0 unspecified atom stereocenters. The summed E-state index contributed by atoms with van der Waals surface area (Å²) in [6.45, 7) is 5.84. The minimum Gasteiger partial charge on any atom is -0.351 e. The van der Waals surface area contributed by atoms with Crippen molar-refractivity contribution < 1.29 is 9.59 Å². The first-order chi connectivity index (χ1) is 11.1. The maximum atomic E-state index is 12.1. The van der Waals surface area contributed by atoms with Crippen molar-refractivity contribution in [2.75, 3.05) is 13.1 Å². The van der Waals surface area contributed by atoms with Gasteiger partial charge in [-0.3, -0.25) is 19.6 Å². The van der Waals surface area contributed by atoms with Gasteiger partial charge in [0, 0.05) is 54.6 Å². The van der Waals surface area contributed by atoms with Gasteiger partial charge in [0.05, 0.1) is 5.56 Å². The molecule has 0 saturated heterocycles. The van der Waals surface area contributed by atoms with Crippen molar-refractivity contribution >= 4 is 11.8 Å². The van der Waals surface area contributed by atoms with E-state index in [0.29, 0.717) is 24.2 Å². The molecule has 0 radical (unpaired) electrons. The molecule has 0 fully saturated rings. The van der Waals surface area contributed by atoms with Crippen molar-refractivity contribution in [1.29, 1.82) is 0 Å². The summed E-state index contributed by atoms with van der Waals surface area (Å²) in [4.78, 5) is 31.6. The van der Waals surface area contributed by atoms with E-state index < -0.39 is 0 Å². The van der Waals surface area contributed by atoms with Gasteiger partial charge >= 0.3 is 0 Å². The van der Waals surface area contributed by atoms with Gasteiger partial charge in [-0.1, -0.05) is 12.6 Å². The van der Waals surface area contributed by atoms with E-state index in [1.54, 1.807) is 31.6 Å². The van der Waals surface area contributed by atoms with Gasteiger partial charge in [0.1, 0.15) is 0 Å². The summed E-state index contributed by atoms with van der Waals surface area (Å²) in [5, 5.41) is 5.38. The first-order valence-electron chi connectivity index (χ1n) is 7.15. The molecular weight excluding hydrogens is 292 g/mol. The average Bonchev–Trinajstić information content (AvgIpc) is 2.59. The number of carbonyl (C=O) groups is 2. The Hall–Kier alpha value is -3.02. The summed E-state index contributed by atoms with van der Waals surface area (Å²) in [6, 6.07) is 5.48. The SMILES string of the molecule is C=C(C)C(=O)NCCNC(=O)c1cncc(-c2cccnc2)c1. The Morgan fingerprint density at radius 2 is 1.83 bits per heavy atom. The number of nitrogens with zero attached hydrogens (tertiary/aromatic N) is 2. The highest BCUT2D eigenvalue weighted by atomic mass is 16.2.